The highest BCUT2D eigenvalue weighted by Crippen LogP contribution is 2.17. The highest BCUT2D eigenvalue weighted by atomic mass is 19.1. The first-order valence-electron chi connectivity index (χ1n) is 10.8. The molecule has 1 atom stereocenters. The SMILES string of the molecule is CN(CCN(C)C(C(=O)NCCOCc1ccccc1)c1cnccn1)C(=O)c1[nH]ncc1F. The molecule has 2 aromatic heterocycles. The van der Waals surface area contributed by atoms with Gasteiger partial charge in [0.05, 0.1) is 31.3 Å². The van der Waals surface area contributed by atoms with Gasteiger partial charge in [-0.1, -0.05) is 30.3 Å². The Hall–Kier alpha value is -3.70. The lowest BCUT2D eigenvalue weighted by molar-refractivity contribution is -0.126. The van der Waals surface area contributed by atoms with E-state index in [-0.39, 0.29) is 18.1 Å². The molecule has 0 saturated carbocycles. The average Bonchev–Trinajstić information content (AvgIpc) is 3.29. The number of ether oxygens (including phenoxy) is 1. The molecule has 0 saturated heterocycles. The largest absolute Gasteiger partial charge is 0.375 e. The minimum absolute atomic E-state index is 0.205. The van der Waals surface area contributed by atoms with Crippen molar-refractivity contribution in [2.24, 2.45) is 0 Å². The quantitative estimate of drug-likeness (QED) is 0.385. The zero-order valence-electron chi connectivity index (χ0n) is 19.1. The number of carbonyl (C=O) groups is 2. The minimum atomic E-state index is -0.727. The lowest BCUT2D eigenvalue weighted by atomic mass is 10.1. The van der Waals surface area contributed by atoms with Crippen LogP contribution in [-0.2, 0) is 16.1 Å². The van der Waals surface area contributed by atoms with E-state index in [9.17, 15) is 14.0 Å². The molecule has 2 amide bonds. The standard InChI is InChI=1S/C23H28FN7O3/c1-30(11-12-31(2)23(33)20-18(24)14-28-29-20)21(19-15-25-8-9-26-19)22(32)27-10-13-34-16-17-6-4-3-5-7-17/h3-9,14-15,21H,10-13,16H2,1-2H3,(H,27,32)(H,28,29). The van der Waals surface area contributed by atoms with Crippen molar-refractivity contribution in [2.45, 2.75) is 12.6 Å². The third kappa shape index (κ3) is 6.90. The van der Waals surface area contributed by atoms with Gasteiger partial charge in [0.15, 0.2) is 11.5 Å². The second-order valence-electron chi connectivity index (χ2n) is 7.66. The van der Waals surface area contributed by atoms with Crippen LogP contribution in [0.1, 0.15) is 27.8 Å². The first-order chi connectivity index (χ1) is 16.5. The van der Waals surface area contributed by atoms with Gasteiger partial charge in [-0.15, -0.1) is 0 Å². The molecule has 0 fully saturated rings. The number of hydrogen-bond donors (Lipinski definition) is 2. The predicted molar refractivity (Wildman–Crippen MR) is 122 cm³/mol. The lowest BCUT2D eigenvalue weighted by Gasteiger charge is -2.28. The fourth-order valence-corrected chi connectivity index (χ4v) is 3.27. The number of H-pyrrole nitrogens is 1. The van der Waals surface area contributed by atoms with E-state index in [1.165, 1.54) is 23.5 Å². The average molecular weight is 470 g/mol. The van der Waals surface area contributed by atoms with Crippen LogP contribution in [0.2, 0.25) is 0 Å². The number of benzene rings is 1. The summed E-state index contributed by atoms with van der Waals surface area (Å²) < 4.78 is 19.3. The molecule has 180 valence electrons. The molecular formula is C23H28FN7O3. The number of aromatic amines is 1. The molecule has 0 bridgehead atoms. The van der Waals surface area contributed by atoms with Crippen molar-refractivity contribution in [1.82, 2.24) is 35.3 Å². The summed E-state index contributed by atoms with van der Waals surface area (Å²) in [5.74, 6) is -1.50. The number of likely N-dealkylation sites (N-methyl/N-ethyl adjacent to an activating group) is 2. The summed E-state index contributed by atoms with van der Waals surface area (Å²) in [5.41, 5.74) is 1.32. The van der Waals surface area contributed by atoms with Crippen molar-refractivity contribution in [3.63, 3.8) is 0 Å². The number of nitrogens with zero attached hydrogens (tertiary/aromatic N) is 5. The van der Waals surface area contributed by atoms with Crippen molar-refractivity contribution in [2.75, 3.05) is 40.3 Å². The number of halogens is 1. The molecule has 1 aromatic carbocycles. The van der Waals surface area contributed by atoms with E-state index >= 15 is 0 Å². The molecule has 3 aromatic rings. The maximum absolute atomic E-state index is 13.7. The smallest absolute Gasteiger partial charge is 0.274 e. The van der Waals surface area contributed by atoms with Gasteiger partial charge in [0.1, 0.15) is 6.04 Å². The third-order valence-corrected chi connectivity index (χ3v) is 5.15. The number of aromatic nitrogens is 4. The Morgan fingerprint density at radius 2 is 1.94 bits per heavy atom. The number of nitrogens with one attached hydrogen (secondary N) is 2. The third-order valence-electron chi connectivity index (χ3n) is 5.15. The Bertz CT molecular complexity index is 1050. The highest BCUT2D eigenvalue weighted by molar-refractivity contribution is 5.92. The summed E-state index contributed by atoms with van der Waals surface area (Å²) in [4.78, 5) is 36.9. The van der Waals surface area contributed by atoms with Gasteiger partial charge in [0.2, 0.25) is 5.91 Å². The van der Waals surface area contributed by atoms with Crippen molar-refractivity contribution in [3.8, 4) is 0 Å². The summed E-state index contributed by atoms with van der Waals surface area (Å²) >= 11 is 0. The molecule has 2 heterocycles. The molecular weight excluding hydrogens is 441 g/mol. The lowest BCUT2D eigenvalue weighted by Crippen LogP contribution is -2.43. The van der Waals surface area contributed by atoms with Crippen LogP contribution >= 0.6 is 0 Å². The normalized spacial score (nSPS) is 11.9. The van der Waals surface area contributed by atoms with E-state index in [2.05, 4.69) is 25.5 Å². The van der Waals surface area contributed by atoms with Gasteiger partial charge in [-0.3, -0.25) is 29.6 Å². The van der Waals surface area contributed by atoms with Gasteiger partial charge in [-0.2, -0.15) is 5.10 Å². The van der Waals surface area contributed by atoms with Crippen molar-refractivity contribution in [3.05, 3.63) is 77.9 Å². The van der Waals surface area contributed by atoms with Gasteiger partial charge in [-0.25, -0.2) is 4.39 Å². The van der Waals surface area contributed by atoms with Crippen LogP contribution in [0.3, 0.4) is 0 Å². The molecule has 34 heavy (non-hydrogen) atoms. The van der Waals surface area contributed by atoms with Crippen molar-refractivity contribution < 1.29 is 18.7 Å². The number of rotatable bonds is 12. The number of hydrogen-bond acceptors (Lipinski definition) is 7. The molecule has 2 N–H and O–H groups in total. The molecule has 10 nitrogen and oxygen atoms in total. The zero-order chi connectivity index (χ0) is 24.3. The van der Waals surface area contributed by atoms with Gasteiger partial charge in [-0.05, 0) is 12.6 Å². The summed E-state index contributed by atoms with van der Waals surface area (Å²) in [7, 11) is 3.30. The summed E-state index contributed by atoms with van der Waals surface area (Å²) in [6.45, 7) is 1.72. The van der Waals surface area contributed by atoms with E-state index in [0.29, 0.717) is 32.0 Å². The first kappa shape index (κ1) is 24.9. The fourth-order valence-electron chi connectivity index (χ4n) is 3.27. The van der Waals surface area contributed by atoms with E-state index < -0.39 is 17.8 Å². The Morgan fingerprint density at radius 3 is 2.62 bits per heavy atom. The van der Waals surface area contributed by atoms with Crippen molar-refractivity contribution in [1.29, 1.82) is 0 Å². The molecule has 0 spiro atoms. The molecule has 11 heteroatoms. The monoisotopic (exact) mass is 469 g/mol. The van der Waals surface area contributed by atoms with Gasteiger partial charge in [0, 0.05) is 39.1 Å². The molecule has 0 aliphatic heterocycles. The van der Waals surface area contributed by atoms with Gasteiger partial charge >= 0.3 is 0 Å². The van der Waals surface area contributed by atoms with Crippen LogP contribution in [0.15, 0.2) is 55.1 Å². The second kappa shape index (κ2) is 12.5. The molecule has 0 radical (unpaired) electrons. The number of amides is 2. The first-order valence-corrected chi connectivity index (χ1v) is 10.8. The maximum atomic E-state index is 13.7. The van der Waals surface area contributed by atoms with Crippen LogP contribution in [0.5, 0.6) is 0 Å². The molecule has 0 aliphatic carbocycles. The minimum Gasteiger partial charge on any atom is -0.375 e. The van der Waals surface area contributed by atoms with E-state index in [4.69, 9.17) is 4.74 Å². The van der Waals surface area contributed by atoms with Crippen LogP contribution in [0, 0.1) is 5.82 Å². The summed E-state index contributed by atoms with van der Waals surface area (Å²) in [5, 5.41) is 8.77. The van der Waals surface area contributed by atoms with Crippen LogP contribution in [0.25, 0.3) is 0 Å². The Labute approximate surface area is 197 Å². The van der Waals surface area contributed by atoms with Crippen LogP contribution < -0.4 is 5.32 Å². The zero-order valence-corrected chi connectivity index (χ0v) is 19.1. The van der Waals surface area contributed by atoms with E-state index in [1.54, 1.807) is 19.0 Å². The Balaban J connectivity index is 1.54. The molecule has 3 rings (SSSR count). The summed E-state index contributed by atoms with van der Waals surface area (Å²) in [6, 6.07) is 9.04. The summed E-state index contributed by atoms with van der Waals surface area (Å²) in [6.07, 6.45) is 5.52. The van der Waals surface area contributed by atoms with E-state index in [0.717, 1.165) is 11.8 Å². The van der Waals surface area contributed by atoms with Crippen LogP contribution in [-0.4, -0.2) is 82.1 Å². The van der Waals surface area contributed by atoms with E-state index in [1.807, 2.05) is 30.3 Å². The molecule has 0 aliphatic rings. The topological polar surface area (TPSA) is 116 Å². The maximum Gasteiger partial charge on any atom is 0.274 e. The van der Waals surface area contributed by atoms with Gasteiger partial charge in [0.25, 0.3) is 5.91 Å². The van der Waals surface area contributed by atoms with Gasteiger partial charge < -0.3 is 15.0 Å². The highest BCUT2D eigenvalue weighted by Gasteiger charge is 2.27. The van der Waals surface area contributed by atoms with Crippen LogP contribution in [0.4, 0.5) is 4.39 Å². The predicted octanol–water partition coefficient (Wildman–Crippen LogP) is 1.42. The molecule has 1 unspecified atom stereocenters. The fraction of sp³-hybridized carbons (Fsp3) is 0.348. The van der Waals surface area contributed by atoms with Crippen molar-refractivity contribution >= 4 is 11.8 Å². The number of carbonyl (C=O) groups excluding carboxylic acids is 2. The Kier molecular flexibility index (Phi) is 9.18. The second-order valence-corrected chi connectivity index (χ2v) is 7.66. The Morgan fingerprint density at radius 1 is 1.15 bits per heavy atom.